The maximum absolute atomic E-state index is 13.1. The lowest BCUT2D eigenvalue weighted by atomic mass is 9.76. The second-order valence-corrected chi connectivity index (χ2v) is 7.15. The second kappa shape index (κ2) is 6.27. The largest absolute Gasteiger partial charge is 0.416 e. The van der Waals surface area contributed by atoms with E-state index < -0.39 is 16.7 Å². The molecule has 0 bridgehead atoms. The number of fused-ring (bicyclic) bond motifs is 3. The molecule has 2 aliphatic rings. The standard InChI is InChI=1S/C19H14ClF3N2O2/c20-16-6-5-11(25(26)27)9-15(16)18-13-3-1-2-12(13)14-8-10(19(21,22)23)4-7-17(14)24-18/h1-2,4-9,12-13,18,24H,3H2/t12-,13-,18-/m1/s1. The molecule has 1 N–H and O–H groups in total. The number of benzene rings is 2. The van der Waals surface area contributed by atoms with Crippen LogP contribution < -0.4 is 5.32 Å². The van der Waals surface area contributed by atoms with Crippen LogP contribution in [0.15, 0.2) is 48.6 Å². The Kier molecular flexibility index (Phi) is 4.14. The summed E-state index contributed by atoms with van der Waals surface area (Å²) < 4.78 is 39.3. The van der Waals surface area contributed by atoms with E-state index in [-0.39, 0.29) is 23.6 Å². The molecule has 0 amide bonds. The highest BCUT2D eigenvalue weighted by molar-refractivity contribution is 6.31. The van der Waals surface area contributed by atoms with Gasteiger partial charge in [-0.05, 0) is 42.2 Å². The first-order valence-electron chi connectivity index (χ1n) is 8.34. The van der Waals surface area contributed by atoms with Crippen LogP contribution in [-0.4, -0.2) is 4.92 Å². The minimum Gasteiger partial charge on any atom is -0.378 e. The third-order valence-corrected chi connectivity index (χ3v) is 5.56. The van der Waals surface area contributed by atoms with Gasteiger partial charge in [0.2, 0.25) is 0 Å². The number of hydrogen-bond donors (Lipinski definition) is 1. The molecule has 1 aliphatic heterocycles. The van der Waals surface area contributed by atoms with Crippen molar-refractivity contribution in [3.63, 3.8) is 0 Å². The fourth-order valence-corrected chi connectivity index (χ4v) is 4.20. The van der Waals surface area contributed by atoms with Crippen molar-refractivity contribution in [1.29, 1.82) is 0 Å². The molecule has 2 aromatic carbocycles. The molecule has 4 nitrogen and oxygen atoms in total. The van der Waals surface area contributed by atoms with Gasteiger partial charge in [-0.25, -0.2) is 0 Å². The fraction of sp³-hybridized carbons (Fsp3) is 0.263. The Morgan fingerprint density at radius 2 is 1.93 bits per heavy atom. The van der Waals surface area contributed by atoms with Crippen molar-refractivity contribution < 1.29 is 18.1 Å². The Morgan fingerprint density at radius 1 is 1.15 bits per heavy atom. The molecule has 0 spiro atoms. The average Bonchev–Trinajstić information content (AvgIpc) is 3.10. The monoisotopic (exact) mass is 394 g/mol. The summed E-state index contributed by atoms with van der Waals surface area (Å²) in [6.07, 6.45) is 0.0808. The third-order valence-electron chi connectivity index (χ3n) is 5.22. The Balaban J connectivity index is 1.79. The number of allylic oxidation sites excluding steroid dienone is 2. The lowest BCUT2D eigenvalue weighted by Crippen LogP contribution is -2.29. The molecule has 1 aliphatic carbocycles. The first-order valence-corrected chi connectivity index (χ1v) is 8.71. The van der Waals surface area contributed by atoms with Gasteiger partial charge >= 0.3 is 6.18 Å². The molecule has 0 aromatic heterocycles. The Bertz CT molecular complexity index is 958. The van der Waals surface area contributed by atoms with E-state index >= 15 is 0 Å². The molecule has 8 heteroatoms. The van der Waals surface area contributed by atoms with Crippen LogP contribution in [0.25, 0.3) is 0 Å². The second-order valence-electron chi connectivity index (χ2n) is 6.74. The number of nitrogens with one attached hydrogen (secondary N) is 1. The molecule has 0 saturated carbocycles. The number of nitro benzene ring substituents is 1. The SMILES string of the molecule is O=[N+]([O-])c1ccc(Cl)c([C@@H]2Nc3ccc(C(F)(F)F)cc3[C@@H]3C=CC[C@H]32)c1. The quantitative estimate of drug-likeness (QED) is 0.380. The van der Waals surface area contributed by atoms with Crippen molar-refractivity contribution >= 4 is 23.0 Å². The summed E-state index contributed by atoms with van der Waals surface area (Å²) in [6, 6.07) is 7.56. The highest BCUT2D eigenvalue weighted by Crippen LogP contribution is 2.51. The number of anilines is 1. The van der Waals surface area contributed by atoms with Crippen molar-refractivity contribution in [3.8, 4) is 0 Å². The number of alkyl halides is 3. The van der Waals surface area contributed by atoms with Gasteiger partial charge in [-0.15, -0.1) is 0 Å². The van der Waals surface area contributed by atoms with Crippen LogP contribution in [0.2, 0.25) is 5.02 Å². The Labute approximate surface area is 157 Å². The van der Waals surface area contributed by atoms with Crippen LogP contribution in [0, 0.1) is 16.0 Å². The summed E-state index contributed by atoms with van der Waals surface area (Å²) in [6.45, 7) is 0. The Hall–Kier alpha value is -2.54. The zero-order valence-corrected chi connectivity index (χ0v) is 14.6. The van der Waals surface area contributed by atoms with E-state index in [1.807, 2.05) is 12.2 Å². The molecule has 27 heavy (non-hydrogen) atoms. The number of non-ortho nitro benzene ring substituents is 1. The van der Waals surface area contributed by atoms with Gasteiger partial charge in [-0.1, -0.05) is 23.8 Å². The van der Waals surface area contributed by atoms with Gasteiger partial charge in [0.05, 0.1) is 16.5 Å². The van der Waals surface area contributed by atoms with Crippen LogP contribution in [0.5, 0.6) is 0 Å². The van der Waals surface area contributed by atoms with Crippen molar-refractivity contribution in [3.05, 3.63) is 80.4 Å². The molecule has 0 fully saturated rings. The molecule has 0 unspecified atom stereocenters. The van der Waals surface area contributed by atoms with Crippen molar-refractivity contribution in [1.82, 2.24) is 0 Å². The number of hydrogen-bond acceptors (Lipinski definition) is 3. The van der Waals surface area contributed by atoms with E-state index in [1.54, 1.807) is 0 Å². The third kappa shape index (κ3) is 3.06. The maximum atomic E-state index is 13.1. The number of rotatable bonds is 2. The molecule has 0 radical (unpaired) electrons. The Morgan fingerprint density at radius 3 is 2.63 bits per heavy atom. The van der Waals surface area contributed by atoms with Crippen LogP contribution in [0.4, 0.5) is 24.5 Å². The first kappa shape index (κ1) is 17.9. The normalized spacial score (nSPS) is 23.5. The van der Waals surface area contributed by atoms with Crippen molar-refractivity contribution in [2.45, 2.75) is 24.6 Å². The summed E-state index contributed by atoms with van der Waals surface area (Å²) in [4.78, 5) is 10.6. The molecular weight excluding hydrogens is 381 g/mol. The van der Waals surface area contributed by atoms with Gasteiger partial charge in [0, 0.05) is 34.3 Å². The lowest BCUT2D eigenvalue weighted by molar-refractivity contribution is -0.384. The predicted molar refractivity (Wildman–Crippen MR) is 95.9 cm³/mol. The van der Waals surface area contributed by atoms with Gasteiger partial charge in [-0.3, -0.25) is 10.1 Å². The lowest BCUT2D eigenvalue weighted by Gasteiger charge is -2.38. The molecule has 4 rings (SSSR count). The summed E-state index contributed by atoms with van der Waals surface area (Å²) in [7, 11) is 0. The zero-order chi connectivity index (χ0) is 19.3. The highest BCUT2D eigenvalue weighted by atomic mass is 35.5. The van der Waals surface area contributed by atoms with Gasteiger partial charge < -0.3 is 5.32 Å². The number of nitrogens with zero attached hydrogens (tertiary/aromatic N) is 1. The van der Waals surface area contributed by atoms with E-state index in [0.29, 0.717) is 28.3 Å². The predicted octanol–water partition coefficient (Wildman–Crippen LogP) is 6.09. The van der Waals surface area contributed by atoms with E-state index in [1.165, 1.54) is 30.3 Å². The van der Waals surface area contributed by atoms with E-state index in [9.17, 15) is 23.3 Å². The van der Waals surface area contributed by atoms with Gasteiger partial charge in [-0.2, -0.15) is 13.2 Å². The molecule has 1 heterocycles. The van der Waals surface area contributed by atoms with Crippen LogP contribution in [0.1, 0.15) is 35.1 Å². The molecule has 3 atom stereocenters. The van der Waals surface area contributed by atoms with Gasteiger partial charge in [0.1, 0.15) is 0 Å². The van der Waals surface area contributed by atoms with E-state index in [2.05, 4.69) is 5.32 Å². The van der Waals surface area contributed by atoms with Crippen molar-refractivity contribution in [2.75, 3.05) is 5.32 Å². The molecule has 2 aromatic rings. The topological polar surface area (TPSA) is 55.2 Å². The zero-order valence-electron chi connectivity index (χ0n) is 13.8. The van der Waals surface area contributed by atoms with Gasteiger partial charge in [0.15, 0.2) is 0 Å². The molecule has 0 saturated heterocycles. The smallest absolute Gasteiger partial charge is 0.378 e. The summed E-state index contributed by atoms with van der Waals surface area (Å²) >= 11 is 6.31. The minimum absolute atomic E-state index is 0.0690. The first-order chi connectivity index (χ1) is 12.8. The van der Waals surface area contributed by atoms with E-state index in [0.717, 1.165) is 6.07 Å². The number of halogens is 4. The van der Waals surface area contributed by atoms with Crippen LogP contribution >= 0.6 is 11.6 Å². The number of nitro groups is 1. The molecule has 140 valence electrons. The summed E-state index contributed by atoms with van der Waals surface area (Å²) in [5.74, 6) is -0.274. The summed E-state index contributed by atoms with van der Waals surface area (Å²) in [5, 5.41) is 14.8. The minimum atomic E-state index is -4.41. The fourth-order valence-electron chi connectivity index (χ4n) is 3.96. The van der Waals surface area contributed by atoms with Crippen molar-refractivity contribution in [2.24, 2.45) is 5.92 Å². The van der Waals surface area contributed by atoms with Gasteiger partial charge in [0.25, 0.3) is 5.69 Å². The summed E-state index contributed by atoms with van der Waals surface area (Å²) in [5.41, 5.74) is 0.991. The van der Waals surface area contributed by atoms with Crippen LogP contribution in [0.3, 0.4) is 0 Å². The van der Waals surface area contributed by atoms with Crippen LogP contribution in [-0.2, 0) is 6.18 Å². The average molecular weight is 395 g/mol. The highest BCUT2D eigenvalue weighted by Gasteiger charge is 2.40. The molecular formula is C19H14ClF3N2O2. The van der Waals surface area contributed by atoms with E-state index in [4.69, 9.17) is 11.6 Å². The maximum Gasteiger partial charge on any atom is 0.416 e.